The number of hydrogen-bond acceptors (Lipinski definition) is 4. The molecule has 5 heteroatoms. The topological polar surface area (TPSA) is 77.2 Å². The highest BCUT2D eigenvalue weighted by molar-refractivity contribution is 5.92. The third kappa shape index (κ3) is 3.06. The SMILES string of the molecule is CCc1ccc(Oc2ccnc(C(=O)NC)c2)c(N)c1. The van der Waals surface area contributed by atoms with Gasteiger partial charge in [-0.05, 0) is 30.2 Å². The van der Waals surface area contributed by atoms with E-state index in [2.05, 4.69) is 17.2 Å². The van der Waals surface area contributed by atoms with Crippen LogP contribution in [0.1, 0.15) is 23.0 Å². The van der Waals surface area contributed by atoms with Gasteiger partial charge in [0, 0.05) is 19.3 Å². The van der Waals surface area contributed by atoms with Crippen molar-refractivity contribution in [2.75, 3.05) is 12.8 Å². The summed E-state index contributed by atoms with van der Waals surface area (Å²) in [5, 5.41) is 2.52. The molecule has 0 fully saturated rings. The molecule has 0 aliphatic carbocycles. The molecular formula is C15H17N3O2. The lowest BCUT2D eigenvalue weighted by Gasteiger charge is -2.10. The van der Waals surface area contributed by atoms with Crippen LogP contribution in [0.5, 0.6) is 11.5 Å². The number of ether oxygens (including phenoxy) is 1. The number of aryl methyl sites for hydroxylation is 1. The van der Waals surface area contributed by atoms with E-state index in [1.54, 1.807) is 19.2 Å². The molecule has 2 aromatic rings. The predicted molar refractivity (Wildman–Crippen MR) is 77.9 cm³/mol. The van der Waals surface area contributed by atoms with E-state index in [0.717, 1.165) is 12.0 Å². The molecule has 1 heterocycles. The molecule has 0 saturated heterocycles. The van der Waals surface area contributed by atoms with Gasteiger partial charge >= 0.3 is 0 Å². The van der Waals surface area contributed by atoms with Crippen LogP contribution in [0.4, 0.5) is 5.69 Å². The quantitative estimate of drug-likeness (QED) is 0.837. The molecule has 1 aromatic carbocycles. The van der Waals surface area contributed by atoms with Crippen molar-refractivity contribution in [1.29, 1.82) is 0 Å². The molecule has 2 rings (SSSR count). The van der Waals surface area contributed by atoms with Crippen molar-refractivity contribution < 1.29 is 9.53 Å². The molecule has 104 valence electrons. The van der Waals surface area contributed by atoms with Gasteiger partial charge in [-0.1, -0.05) is 13.0 Å². The Morgan fingerprint density at radius 1 is 1.35 bits per heavy atom. The van der Waals surface area contributed by atoms with Gasteiger partial charge in [-0.3, -0.25) is 9.78 Å². The molecule has 1 aromatic heterocycles. The lowest BCUT2D eigenvalue weighted by Crippen LogP contribution is -2.18. The van der Waals surface area contributed by atoms with Crippen LogP contribution in [-0.2, 0) is 6.42 Å². The number of amides is 1. The Kier molecular flexibility index (Phi) is 4.20. The van der Waals surface area contributed by atoms with Gasteiger partial charge in [0.25, 0.3) is 5.91 Å². The summed E-state index contributed by atoms with van der Waals surface area (Å²) in [4.78, 5) is 15.5. The Morgan fingerprint density at radius 3 is 2.80 bits per heavy atom. The third-order valence-corrected chi connectivity index (χ3v) is 2.90. The molecule has 0 radical (unpaired) electrons. The fraction of sp³-hybridized carbons (Fsp3) is 0.200. The lowest BCUT2D eigenvalue weighted by atomic mass is 10.1. The number of carbonyl (C=O) groups is 1. The van der Waals surface area contributed by atoms with Gasteiger partial charge < -0.3 is 15.8 Å². The van der Waals surface area contributed by atoms with Crippen molar-refractivity contribution in [2.45, 2.75) is 13.3 Å². The summed E-state index contributed by atoms with van der Waals surface area (Å²) in [5.74, 6) is 0.829. The summed E-state index contributed by atoms with van der Waals surface area (Å²) in [7, 11) is 1.55. The average molecular weight is 271 g/mol. The highest BCUT2D eigenvalue weighted by atomic mass is 16.5. The molecule has 0 spiro atoms. The second-order valence-electron chi connectivity index (χ2n) is 4.28. The van der Waals surface area contributed by atoms with Crippen LogP contribution in [-0.4, -0.2) is 17.9 Å². The Balaban J connectivity index is 2.24. The summed E-state index contributed by atoms with van der Waals surface area (Å²) in [6, 6.07) is 8.93. The standard InChI is InChI=1S/C15H17N3O2/c1-3-10-4-5-14(12(16)8-10)20-11-6-7-18-13(9-11)15(19)17-2/h4-9H,3,16H2,1-2H3,(H,17,19). The Hall–Kier alpha value is -2.56. The van der Waals surface area contributed by atoms with E-state index in [1.165, 1.54) is 6.20 Å². The van der Waals surface area contributed by atoms with Gasteiger partial charge in [0.15, 0.2) is 0 Å². The normalized spacial score (nSPS) is 10.1. The highest BCUT2D eigenvalue weighted by Gasteiger charge is 2.08. The van der Waals surface area contributed by atoms with Crippen molar-refractivity contribution in [1.82, 2.24) is 10.3 Å². The van der Waals surface area contributed by atoms with Crippen molar-refractivity contribution in [3.63, 3.8) is 0 Å². The van der Waals surface area contributed by atoms with E-state index in [1.807, 2.05) is 18.2 Å². The number of pyridine rings is 1. The number of hydrogen-bond donors (Lipinski definition) is 2. The summed E-state index contributed by atoms with van der Waals surface area (Å²) >= 11 is 0. The van der Waals surface area contributed by atoms with E-state index >= 15 is 0 Å². The van der Waals surface area contributed by atoms with E-state index in [4.69, 9.17) is 10.5 Å². The van der Waals surface area contributed by atoms with Crippen LogP contribution in [0.3, 0.4) is 0 Å². The van der Waals surface area contributed by atoms with Crippen molar-refractivity contribution in [3.8, 4) is 11.5 Å². The van der Waals surface area contributed by atoms with E-state index in [0.29, 0.717) is 22.9 Å². The fourth-order valence-electron chi connectivity index (χ4n) is 1.76. The van der Waals surface area contributed by atoms with E-state index in [-0.39, 0.29) is 5.91 Å². The zero-order valence-corrected chi connectivity index (χ0v) is 11.5. The molecule has 0 saturated carbocycles. The smallest absolute Gasteiger partial charge is 0.269 e. The summed E-state index contributed by atoms with van der Waals surface area (Å²) in [5.41, 5.74) is 7.97. The fourth-order valence-corrected chi connectivity index (χ4v) is 1.76. The first-order chi connectivity index (χ1) is 9.63. The minimum absolute atomic E-state index is 0.259. The molecule has 1 amide bonds. The first kappa shape index (κ1) is 13.9. The minimum Gasteiger partial charge on any atom is -0.455 e. The zero-order chi connectivity index (χ0) is 14.5. The highest BCUT2D eigenvalue weighted by Crippen LogP contribution is 2.28. The van der Waals surface area contributed by atoms with Crippen LogP contribution in [0.2, 0.25) is 0 Å². The number of carbonyl (C=O) groups excluding carboxylic acids is 1. The maximum atomic E-state index is 11.5. The predicted octanol–water partition coefficient (Wildman–Crippen LogP) is 2.38. The molecule has 3 N–H and O–H groups in total. The van der Waals surface area contributed by atoms with Gasteiger partial charge in [0.1, 0.15) is 17.2 Å². The van der Waals surface area contributed by atoms with Crippen molar-refractivity contribution >= 4 is 11.6 Å². The number of nitrogens with two attached hydrogens (primary N) is 1. The molecule has 0 aliphatic heterocycles. The number of benzene rings is 1. The second kappa shape index (κ2) is 6.06. The van der Waals surface area contributed by atoms with Crippen LogP contribution >= 0.6 is 0 Å². The zero-order valence-electron chi connectivity index (χ0n) is 11.5. The van der Waals surface area contributed by atoms with Crippen LogP contribution in [0.25, 0.3) is 0 Å². The Labute approximate surface area is 117 Å². The Bertz CT molecular complexity index is 626. The van der Waals surface area contributed by atoms with Gasteiger partial charge in [-0.2, -0.15) is 0 Å². The molecular weight excluding hydrogens is 254 g/mol. The molecule has 5 nitrogen and oxygen atoms in total. The second-order valence-corrected chi connectivity index (χ2v) is 4.28. The van der Waals surface area contributed by atoms with Crippen LogP contribution < -0.4 is 15.8 Å². The number of nitrogens with one attached hydrogen (secondary N) is 1. The first-order valence-electron chi connectivity index (χ1n) is 6.38. The molecule has 0 atom stereocenters. The average Bonchev–Trinajstić information content (AvgIpc) is 2.48. The molecule has 0 unspecified atom stereocenters. The summed E-state index contributed by atoms with van der Waals surface area (Å²) in [6.45, 7) is 2.06. The van der Waals surface area contributed by atoms with Crippen molar-refractivity contribution in [2.24, 2.45) is 0 Å². The molecule has 0 aliphatic rings. The molecule has 0 bridgehead atoms. The summed E-state index contributed by atoms with van der Waals surface area (Å²) < 4.78 is 5.70. The van der Waals surface area contributed by atoms with E-state index in [9.17, 15) is 4.79 Å². The van der Waals surface area contributed by atoms with Crippen molar-refractivity contribution in [3.05, 3.63) is 47.8 Å². The maximum absolute atomic E-state index is 11.5. The number of rotatable bonds is 4. The maximum Gasteiger partial charge on any atom is 0.269 e. The number of nitrogens with zero attached hydrogens (tertiary/aromatic N) is 1. The van der Waals surface area contributed by atoms with Crippen LogP contribution in [0, 0.1) is 0 Å². The third-order valence-electron chi connectivity index (χ3n) is 2.90. The Morgan fingerprint density at radius 2 is 2.15 bits per heavy atom. The molecule has 20 heavy (non-hydrogen) atoms. The summed E-state index contributed by atoms with van der Waals surface area (Å²) in [6.07, 6.45) is 2.44. The van der Waals surface area contributed by atoms with Crippen LogP contribution in [0.15, 0.2) is 36.5 Å². The van der Waals surface area contributed by atoms with Gasteiger partial charge in [0.05, 0.1) is 5.69 Å². The number of aromatic nitrogens is 1. The first-order valence-corrected chi connectivity index (χ1v) is 6.38. The van der Waals surface area contributed by atoms with E-state index < -0.39 is 0 Å². The largest absolute Gasteiger partial charge is 0.455 e. The number of nitrogen functional groups attached to an aromatic ring is 1. The van der Waals surface area contributed by atoms with Gasteiger partial charge in [-0.25, -0.2) is 0 Å². The minimum atomic E-state index is -0.259. The van der Waals surface area contributed by atoms with Gasteiger partial charge in [-0.15, -0.1) is 0 Å². The lowest BCUT2D eigenvalue weighted by molar-refractivity contribution is 0.0958. The monoisotopic (exact) mass is 271 g/mol. The number of anilines is 1. The van der Waals surface area contributed by atoms with Gasteiger partial charge in [0.2, 0.25) is 0 Å².